The van der Waals surface area contributed by atoms with E-state index in [1.54, 1.807) is 0 Å². The van der Waals surface area contributed by atoms with Gasteiger partial charge in [0.25, 0.3) is 0 Å². The lowest BCUT2D eigenvalue weighted by molar-refractivity contribution is 0.845. The molecule has 53 heavy (non-hydrogen) atoms. The van der Waals surface area contributed by atoms with Gasteiger partial charge in [0, 0.05) is 55.3 Å². The summed E-state index contributed by atoms with van der Waals surface area (Å²) < 4.78 is 7.45. The van der Waals surface area contributed by atoms with E-state index in [9.17, 15) is 0 Å². The number of benzene rings is 8. The number of hydrogen-bond donors (Lipinski definition) is 0. The molecule has 0 saturated carbocycles. The normalized spacial score (nSPS) is 15.0. The second-order valence-corrected chi connectivity index (χ2v) is 14.9. The van der Waals surface area contributed by atoms with Crippen molar-refractivity contribution in [2.24, 2.45) is 0 Å². The Labute approximate surface area is 304 Å². The van der Waals surface area contributed by atoms with Crippen LogP contribution in [0.2, 0.25) is 0 Å². The van der Waals surface area contributed by atoms with Crippen molar-refractivity contribution in [3.8, 4) is 11.4 Å². The molecule has 8 aromatic carbocycles. The third-order valence-electron chi connectivity index (χ3n) is 12.3. The lowest BCUT2D eigenvalue weighted by Gasteiger charge is -2.24. The minimum Gasteiger partial charge on any atom is -0.312 e. The first-order valence-electron chi connectivity index (χ1n) is 18.6. The Morgan fingerprint density at radius 2 is 0.962 bits per heavy atom. The van der Waals surface area contributed by atoms with Crippen molar-refractivity contribution in [3.05, 3.63) is 180 Å². The van der Waals surface area contributed by atoms with Gasteiger partial charge in [0.2, 0.25) is 0 Å². The highest BCUT2D eigenvalue weighted by atomic mass is 15.0. The zero-order valence-corrected chi connectivity index (χ0v) is 28.8. The Bertz CT molecular complexity index is 3330. The van der Waals surface area contributed by atoms with Crippen LogP contribution in [0.3, 0.4) is 0 Å². The maximum absolute atomic E-state index is 2.59. The monoisotopic (exact) mass is 673 g/mol. The van der Waals surface area contributed by atoms with E-state index in [1.165, 1.54) is 110 Å². The molecule has 11 aromatic rings. The largest absolute Gasteiger partial charge is 0.312 e. The van der Waals surface area contributed by atoms with Crippen molar-refractivity contribution in [1.82, 2.24) is 13.7 Å². The summed E-state index contributed by atoms with van der Waals surface area (Å²) in [5.74, 6) is 0.337. The molecule has 246 valence electrons. The molecule has 0 spiro atoms. The molecule has 4 heterocycles. The molecular weight excluding hydrogens is 643 g/mol. The smallest absolute Gasteiger partial charge is 0.0577 e. The van der Waals surface area contributed by atoms with Gasteiger partial charge in [-0.1, -0.05) is 103 Å². The highest BCUT2D eigenvalue weighted by Gasteiger charge is 2.35. The Kier molecular flexibility index (Phi) is 5.22. The summed E-state index contributed by atoms with van der Waals surface area (Å²) in [6, 6.07) is 61.0. The SMILES string of the molecule is C1=C2C(Cc3ccc(-n4c5ccccc5c5ccccc54)cc31)c1cccc3c4cc5ccc(-n6c7ccccc7c7ccccc76)cc5cc4n2c13. The van der Waals surface area contributed by atoms with Crippen molar-refractivity contribution >= 4 is 88.0 Å². The number of para-hydroxylation sites is 5. The van der Waals surface area contributed by atoms with Gasteiger partial charge >= 0.3 is 0 Å². The number of aromatic nitrogens is 3. The molecule has 0 bridgehead atoms. The van der Waals surface area contributed by atoms with Crippen LogP contribution in [0.15, 0.2) is 164 Å². The Hall–Kier alpha value is -6.84. The minimum atomic E-state index is 0.337. The molecule has 2 aliphatic rings. The predicted octanol–water partition coefficient (Wildman–Crippen LogP) is 12.8. The summed E-state index contributed by atoms with van der Waals surface area (Å²) in [5, 5.41) is 10.3. The Morgan fingerprint density at radius 1 is 0.396 bits per heavy atom. The number of rotatable bonds is 2. The summed E-state index contributed by atoms with van der Waals surface area (Å²) in [6.45, 7) is 0. The number of allylic oxidation sites excluding steroid dienone is 1. The first-order valence-corrected chi connectivity index (χ1v) is 18.6. The number of nitrogens with zero attached hydrogens (tertiary/aromatic N) is 3. The van der Waals surface area contributed by atoms with Crippen LogP contribution in [-0.4, -0.2) is 13.7 Å². The van der Waals surface area contributed by atoms with E-state index >= 15 is 0 Å². The predicted molar refractivity (Wildman–Crippen MR) is 223 cm³/mol. The fraction of sp³-hybridized carbons (Fsp3) is 0.0400. The zero-order valence-electron chi connectivity index (χ0n) is 28.8. The topological polar surface area (TPSA) is 14.8 Å². The first-order chi connectivity index (χ1) is 26.3. The van der Waals surface area contributed by atoms with Gasteiger partial charge < -0.3 is 13.7 Å². The van der Waals surface area contributed by atoms with Crippen LogP contribution >= 0.6 is 0 Å². The molecule has 1 aliphatic carbocycles. The lowest BCUT2D eigenvalue weighted by Crippen LogP contribution is -2.10. The van der Waals surface area contributed by atoms with Gasteiger partial charge in [-0.15, -0.1) is 0 Å². The van der Waals surface area contributed by atoms with Crippen molar-refractivity contribution < 1.29 is 0 Å². The van der Waals surface area contributed by atoms with E-state index in [-0.39, 0.29) is 0 Å². The van der Waals surface area contributed by atoms with E-state index in [1.807, 2.05) is 0 Å². The fourth-order valence-electron chi connectivity index (χ4n) is 10.0. The van der Waals surface area contributed by atoms with Crippen LogP contribution < -0.4 is 0 Å². The molecule has 3 aromatic heterocycles. The van der Waals surface area contributed by atoms with E-state index < -0.39 is 0 Å². The second kappa shape index (κ2) is 9.93. The maximum Gasteiger partial charge on any atom is 0.0577 e. The van der Waals surface area contributed by atoms with Crippen LogP contribution in [-0.2, 0) is 6.42 Å². The summed E-state index contributed by atoms with van der Waals surface area (Å²) >= 11 is 0. The molecule has 13 rings (SSSR count). The molecule has 1 unspecified atom stereocenters. The van der Waals surface area contributed by atoms with Crippen LogP contribution in [0.1, 0.15) is 22.6 Å². The quantitative estimate of drug-likeness (QED) is 0.173. The van der Waals surface area contributed by atoms with Crippen molar-refractivity contribution in [1.29, 1.82) is 0 Å². The summed E-state index contributed by atoms with van der Waals surface area (Å²) in [6.07, 6.45) is 3.49. The van der Waals surface area contributed by atoms with E-state index in [2.05, 4.69) is 184 Å². The first kappa shape index (κ1) is 27.8. The Balaban J connectivity index is 1.02. The number of hydrogen-bond acceptors (Lipinski definition) is 0. The minimum absolute atomic E-state index is 0.337. The van der Waals surface area contributed by atoms with Crippen LogP contribution in [0.25, 0.3) is 99.3 Å². The van der Waals surface area contributed by atoms with Gasteiger partial charge in [-0.2, -0.15) is 0 Å². The molecule has 0 radical (unpaired) electrons. The van der Waals surface area contributed by atoms with Gasteiger partial charge in [-0.05, 0) is 101 Å². The second-order valence-electron chi connectivity index (χ2n) is 14.9. The van der Waals surface area contributed by atoms with E-state index in [4.69, 9.17) is 0 Å². The van der Waals surface area contributed by atoms with Crippen LogP contribution in [0.5, 0.6) is 0 Å². The lowest BCUT2D eigenvalue weighted by atomic mass is 9.83. The average molecular weight is 674 g/mol. The molecule has 0 fully saturated rings. The molecule has 3 heteroatoms. The highest BCUT2D eigenvalue weighted by molar-refractivity contribution is 6.18. The third-order valence-corrected chi connectivity index (χ3v) is 12.3. The standard InChI is InChI=1S/C50H31N3/c1-5-16-44-36(10-1)37-11-2-6-17-45(37)51(44)34-22-20-30-26-42-40-14-9-15-41-43-27-31-21-23-35(52-46-18-7-3-12-38(46)39-13-4-8-19-47(39)52)25-33(31)29-49(43)53(50(40)41)48(42)28-32(30)24-34/h1-26,28-29,43H,27H2. The molecule has 0 amide bonds. The van der Waals surface area contributed by atoms with Gasteiger partial charge in [0.05, 0.1) is 33.1 Å². The molecule has 1 atom stereocenters. The van der Waals surface area contributed by atoms with Crippen LogP contribution in [0, 0.1) is 0 Å². The molecule has 0 N–H and O–H groups in total. The fourth-order valence-corrected chi connectivity index (χ4v) is 10.0. The van der Waals surface area contributed by atoms with Gasteiger partial charge in [0.15, 0.2) is 0 Å². The van der Waals surface area contributed by atoms with Crippen molar-refractivity contribution in [2.75, 3.05) is 0 Å². The van der Waals surface area contributed by atoms with E-state index in [0.717, 1.165) is 6.42 Å². The van der Waals surface area contributed by atoms with E-state index in [0.29, 0.717) is 5.92 Å². The molecule has 0 saturated heterocycles. The summed E-state index contributed by atoms with van der Waals surface area (Å²) in [5.41, 5.74) is 15.6. The third kappa shape index (κ3) is 3.59. The maximum atomic E-state index is 2.59. The highest BCUT2D eigenvalue weighted by Crippen LogP contribution is 2.51. The summed E-state index contributed by atoms with van der Waals surface area (Å²) in [7, 11) is 0. The van der Waals surface area contributed by atoms with Gasteiger partial charge in [-0.3, -0.25) is 0 Å². The summed E-state index contributed by atoms with van der Waals surface area (Å²) in [4.78, 5) is 0. The van der Waals surface area contributed by atoms with Gasteiger partial charge in [-0.25, -0.2) is 0 Å². The Morgan fingerprint density at radius 3 is 1.60 bits per heavy atom. The van der Waals surface area contributed by atoms with Gasteiger partial charge in [0.1, 0.15) is 0 Å². The van der Waals surface area contributed by atoms with Crippen LogP contribution in [0.4, 0.5) is 0 Å². The number of fused-ring (bicyclic) bond motifs is 14. The van der Waals surface area contributed by atoms with Crippen molar-refractivity contribution in [3.63, 3.8) is 0 Å². The van der Waals surface area contributed by atoms with Crippen molar-refractivity contribution in [2.45, 2.75) is 12.3 Å². The zero-order chi connectivity index (χ0) is 34.4. The molecular formula is C50H31N3. The average Bonchev–Trinajstić information content (AvgIpc) is 3.93. The molecule has 1 aliphatic heterocycles. The molecule has 3 nitrogen and oxygen atoms in total.